The lowest BCUT2D eigenvalue weighted by atomic mass is 9.86. The molecule has 0 aromatic rings. The first-order chi connectivity index (χ1) is 9.13. The Morgan fingerprint density at radius 2 is 1.89 bits per heavy atom. The van der Waals surface area contributed by atoms with Crippen molar-refractivity contribution in [1.82, 2.24) is 9.80 Å². The van der Waals surface area contributed by atoms with Crippen molar-refractivity contribution in [3.63, 3.8) is 0 Å². The molecule has 0 bridgehead atoms. The largest absolute Gasteiger partial charge is 0.301 e. The number of likely N-dealkylation sites (tertiary alicyclic amines) is 1. The predicted molar refractivity (Wildman–Crippen MR) is 78.8 cm³/mol. The van der Waals surface area contributed by atoms with E-state index >= 15 is 0 Å². The van der Waals surface area contributed by atoms with Gasteiger partial charge in [0.2, 0.25) is 0 Å². The van der Waals surface area contributed by atoms with Gasteiger partial charge in [-0.05, 0) is 65.1 Å². The second kappa shape index (κ2) is 7.02. The van der Waals surface area contributed by atoms with Gasteiger partial charge in [-0.15, -0.1) is 0 Å². The average Bonchev–Trinajstić information content (AvgIpc) is 2.36. The Hall–Kier alpha value is -0.160. The highest BCUT2D eigenvalue weighted by molar-refractivity contribution is 4.89. The van der Waals surface area contributed by atoms with Crippen LogP contribution in [0.25, 0.3) is 0 Å². The van der Waals surface area contributed by atoms with Crippen LogP contribution in [0.1, 0.15) is 46.5 Å². The molecule has 112 valence electrons. The summed E-state index contributed by atoms with van der Waals surface area (Å²) in [6.45, 7) is 11.9. The van der Waals surface area contributed by atoms with E-state index in [2.05, 4.69) is 30.6 Å². The summed E-state index contributed by atoms with van der Waals surface area (Å²) in [5.74, 6) is 6.12. The Labute approximate surface area is 118 Å². The van der Waals surface area contributed by atoms with Crippen LogP contribution in [-0.2, 0) is 4.84 Å². The highest BCUT2D eigenvalue weighted by Gasteiger charge is 2.34. The fourth-order valence-electron chi connectivity index (χ4n) is 3.47. The van der Waals surface area contributed by atoms with Crippen molar-refractivity contribution < 1.29 is 4.84 Å². The zero-order valence-corrected chi connectivity index (χ0v) is 12.8. The normalized spacial score (nSPS) is 30.0. The molecule has 2 rings (SSSR count). The van der Waals surface area contributed by atoms with E-state index in [0.717, 1.165) is 25.3 Å². The van der Waals surface area contributed by atoms with Crippen LogP contribution in [0.4, 0.5) is 0 Å². The van der Waals surface area contributed by atoms with Crippen LogP contribution in [0.2, 0.25) is 0 Å². The van der Waals surface area contributed by atoms with Gasteiger partial charge in [-0.1, -0.05) is 6.92 Å². The lowest BCUT2D eigenvalue weighted by molar-refractivity contribution is -0.0564. The molecule has 0 spiro atoms. The molecular weight excluding hydrogens is 238 g/mol. The second-order valence-corrected chi connectivity index (χ2v) is 6.54. The Morgan fingerprint density at radius 1 is 1.26 bits per heavy atom. The minimum absolute atomic E-state index is 0.307. The van der Waals surface area contributed by atoms with E-state index in [1.807, 2.05) is 0 Å². The third kappa shape index (κ3) is 3.91. The average molecular weight is 269 g/mol. The zero-order valence-electron chi connectivity index (χ0n) is 12.8. The molecule has 1 aliphatic heterocycles. The van der Waals surface area contributed by atoms with E-state index in [1.165, 1.54) is 32.5 Å². The van der Waals surface area contributed by atoms with Crippen LogP contribution in [0, 0.1) is 5.92 Å². The van der Waals surface area contributed by atoms with E-state index in [9.17, 15) is 0 Å². The first-order valence-electron chi connectivity index (χ1n) is 7.97. The van der Waals surface area contributed by atoms with Gasteiger partial charge in [-0.2, -0.15) is 0 Å². The Morgan fingerprint density at radius 3 is 2.37 bits per heavy atom. The van der Waals surface area contributed by atoms with Crippen molar-refractivity contribution >= 4 is 0 Å². The summed E-state index contributed by atoms with van der Waals surface area (Å²) in [5, 5.41) is 0. The molecule has 1 saturated carbocycles. The summed E-state index contributed by atoms with van der Waals surface area (Å²) in [4.78, 5) is 10.2. The Balaban J connectivity index is 1.71. The van der Waals surface area contributed by atoms with Crippen molar-refractivity contribution in [2.24, 2.45) is 11.8 Å². The van der Waals surface area contributed by atoms with Gasteiger partial charge in [-0.25, -0.2) is 5.90 Å². The molecule has 0 aromatic heterocycles. The van der Waals surface area contributed by atoms with Crippen LogP contribution in [0.3, 0.4) is 0 Å². The van der Waals surface area contributed by atoms with E-state index in [4.69, 9.17) is 10.7 Å². The minimum Gasteiger partial charge on any atom is -0.301 e. The third-order valence-electron chi connectivity index (χ3n) is 5.06. The molecule has 0 radical (unpaired) electrons. The summed E-state index contributed by atoms with van der Waals surface area (Å²) in [7, 11) is 0. The molecule has 0 aromatic carbocycles. The van der Waals surface area contributed by atoms with Crippen LogP contribution >= 0.6 is 0 Å². The van der Waals surface area contributed by atoms with Crippen LogP contribution in [-0.4, -0.2) is 54.2 Å². The smallest absolute Gasteiger partial charge is 0.0817 e. The van der Waals surface area contributed by atoms with E-state index < -0.39 is 0 Å². The maximum Gasteiger partial charge on any atom is 0.0817 e. The van der Waals surface area contributed by atoms with Gasteiger partial charge in [0.25, 0.3) is 0 Å². The summed E-state index contributed by atoms with van der Waals surface area (Å²) in [6.07, 6.45) is 5.27. The van der Waals surface area contributed by atoms with Crippen molar-refractivity contribution in [2.75, 3.05) is 26.2 Å². The standard InChI is InChI=1S/C15H31N3O/c1-4-17(14-9-15(10-14)19-16)11-13-5-7-18(8-6-13)12(2)3/h12-15H,4-11,16H2,1-3H3. The Kier molecular flexibility index (Phi) is 5.63. The van der Waals surface area contributed by atoms with E-state index in [-0.39, 0.29) is 0 Å². The highest BCUT2D eigenvalue weighted by atomic mass is 16.6. The second-order valence-electron chi connectivity index (χ2n) is 6.54. The maximum atomic E-state index is 5.24. The van der Waals surface area contributed by atoms with Crippen LogP contribution < -0.4 is 5.90 Å². The molecular formula is C15H31N3O. The van der Waals surface area contributed by atoms with Crippen molar-refractivity contribution in [1.29, 1.82) is 0 Å². The fraction of sp³-hybridized carbons (Fsp3) is 1.00. The number of nitrogens with zero attached hydrogens (tertiary/aromatic N) is 2. The number of hydrogen-bond acceptors (Lipinski definition) is 4. The summed E-state index contributed by atoms with van der Waals surface area (Å²) < 4.78 is 0. The molecule has 1 aliphatic carbocycles. The van der Waals surface area contributed by atoms with Gasteiger partial charge in [0.15, 0.2) is 0 Å². The Bertz CT molecular complexity index is 258. The van der Waals surface area contributed by atoms with Crippen LogP contribution in [0.5, 0.6) is 0 Å². The quantitative estimate of drug-likeness (QED) is 0.747. The predicted octanol–water partition coefficient (Wildman–Crippen LogP) is 1.85. The molecule has 0 atom stereocenters. The van der Waals surface area contributed by atoms with Gasteiger partial charge < -0.3 is 14.6 Å². The van der Waals surface area contributed by atoms with E-state index in [1.54, 1.807) is 0 Å². The molecule has 4 heteroatoms. The number of piperidine rings is 1. The van der Waals surface area contributed by atoms with Crippen molar-refractivity contribution in [3.8, 4) is 0 Å². The van der Waals surface area contributed by atoms with Gasteiger partial charge in [0.1, 0.15) is 0 Å². The lowest BCUT2D eigenvalue weighted by Crippen LogP contribution is -2.51. The highest BCUT2D eigenvalue weighted by Crippen LogP contribution is 2.29. The number of hydrogen-bond donors (Lipinski definition) is 1. The summed E-state index contributed by atoms with van der Waals surface area (Å²) in [6, 6.07) is 1.42. The van der Waals surface area contributed by atoms with Gasteiger partial charge in [0.05, 0.1) is 6.10 Å². The summed E-state index contributed by atoms with van der Waals surface area (Å²) in [5.41, 5.74) is 0. The molecule has 0 unspecified atom stereocenters. The third-order valence-corrected chi connectivity index (χ3v) is 5.06. The molecule has 0 amide bonds. The monoisotopic (exact) mass is 269 g/mol. The molecule has 2 fully saturated rings. The van der Waals surface area contributed by atoms with Crippen LogP contribution in [0.15, 0.2) is 0 Å². The molecule has 19 heavy (non-hydrogen) atoms. The summed E-state index contributed by atoms with van der Waals surface area (Å²) >= 11 is 0. The topological polar surface area (TPSA) is 41.7 Å². The minimum atomic E-state index is 0.307. The molecule has 2 N–H and O–H groups in total. The maximum absolute atomic E-state index is 5.24. The first-order valence-corrected chi connectivity index (χ1v) is 7.97. The van der Waals surface area contributed by atoms with Gasteiger partial charge in [-0.3, -0.25) is 0 Å². The lowest BCUT2D eigenvalue weighted by Gasteiger charge is -2.44. The van der Waals surface area contributed by atoms with Crippen molar-refractivity contribution in [2.45, 2.75) is 64.6 Å². The molecule has 2 aliphatic rings. The van der Waals surface area contributed by atoms with Crippen molar-refractivity contribution in [3.05, 3.63) is 0 Å². The molecule has 4 nitrogen and oxygen atoms in total. The molecule has 1 saturated heterocycles. The number of rotatable bonds is 6. The first kappa shape index (κ1) is 15.2. The van der Waals surface area contributed by atoms with Gasteiger partial charge >= 0.3 is 0 Å². The van der Waals surface area contributed by atoms with Gasteiger partial charge in [0, 0.05) is 18.6 Å². The number of nitrogens with two attached hydrogens (primary N) is 1. The van der Waals surface area contributed by atoms with E-state index in [0.29, 0.717) is 18.2 Å². The fourth-order valence-corrected chi connectivity index (χ4v) is 3.47. The molecule has 1 heterocycles. The zero-order chi connectivity index (χ0) is 13.8. The SMILES string of the molecule is CCN(CC1CCN(C(C)C)CC1)C1CC(ON)C1.